The second-order valence-corrected chi connectivity index (χ2v) is 7.76. The van der Waals surface area contributed by atoms with Gasteiger partial charge in [0.05, 0.1) is 25.8 Å². The highest BCUT2D eigenvalue weighted by molar-refractivity contribution is 5.80. The monoisotopic (exact) mass is 451 g/mol. The van der Waals surface area contributed by atoms with Crippen molar-refractivity contribution in [3.8, 4) is 22.9 Å². The standard InChI is InChI=1S/C23H25F4N3O2/c1-14(2)12-19(22(29)31)30(11-10-28)21(23(25,26)27)17-9-8-15(13-18(17)24)16-6-4-5-7-20(16)32-3/h4-9,13-14,19,21H,11-12H2,1-3H3,(H2,29,31)/t19-,21-/m0/s1. The number of methoxy groups -OCH3 is 1. The lowest BCUT2D eigenvalue weighted by Crippen LogP contribution is -2.51. The molecule has 0 bridgehead atoms. The third kappa shape index (κ3) is 5.77. The van der Waals surface area contributed by atoms with E-state index >= 15 is 4.39 Å². The van der Waals surface area contributed by atoms with Crippen molar-refractivity contribution in [2.24, 2.45) is 11.7 Å². The molecule has 2 rings (SSSR count). The van der Waals surface area contributed by atoms with Gasteiger partial charge in [-0.1, -0.05) is 44.2 Å². The fourth-order valence-electron chi connectivity index (χ4n) is 3.67. The SMILES string of the molecule is COc1ccccc1-c1ccc([C@H](N(CC#N)[C@@H](CC(C)C)C(N)=O)C(F)(F)F)c(F)c1. The van der Waals surface area contributed by atoms with Crippen LogP contribution in [0.15, 0.2) is 42.5 Å². The normalized spacial score (nSPS) is 13.6. The number of rotatable bonds is 9. The highest BCUT2D eigenvalue weighted by Crippen LogP contribution is 2.42. The van der Waals surface area contributed by atoms with Crippen molar-refractivity contribution >= 4 is 5.91 Å². The van der Waals surface area contributed by atoms with Gasteiger partial charge in [0.15, 0.2) is 0 Å². The largest absolute Gasteiger partial charge is 0.496 e. The summed E-state index contributed by atoms with van der Waals surface area (Å²) in [4.78, 5) is 12.6. The van der Waals surface area contributed by atoms with Gasteiger partial charge in [0.2, 0.25) is 5.91 Å². The Kier molecular flexibility index (Phi) is 8.22. The van der Waals surface area contributed by atoms with Crippen LogP contribution >= 0.6 is 0 Å². The summed E-state index contributed by atoms with van der Waals surface area (Å²) in [6.07, 6.45) is -4.97. The van der Waals surface area contributed by atoms with E-state index in [0.717, 1.165) is 12.1 Å². The number of nitrogens with two attached hydrogens (primary N) is 1. The number of halogens is 4. The molecule has 0 spiro atoms. The Bertz CT molecular complexity index is 986. The molecular formula is C23H25F4N3O2. The molecular weight excluding hydrogens is 426 g/mol. The van der Waals surface area contributed by atoms with Gasteiger partial charge >= 0.3 is 6.18 Å². The second kappa shape index (κ2) is 10.5. The van der Waals surface area contributed by atoms with Crippen LogP contribution in [0, 0.1) is 23.1 Å². The van der Waals surface area contributed by atoms with E-state index in [0.29, 0.717) is 21.8 Å². The predicted molar refractivity (Wildman–Crippen MR) is 112 cm³/mol. The van der Waals surface area contributed by atoms with Crippen LogP contribution in [0.2, 0.25) is 0 Å². The Hall–Kier alpha value is -3.12. The molecule has 0 aromatic heterocycles. The van der Waals surface area contributed by atoms with E-state index in [1.54, 1.807) is 44.2 Å². The van der Waals surface area contributed by atoms with Gasteiger partial charge in [-0.25, -0.2) is 4.39 Å². The minimum Gasteiger partial charge on any atom is -0.496 e. The van der Waals surface area contributed by atoms with E-state index in [1.807, 2.05) is 0 Å². The summed E-state index contributed by atoms with van der Waals surface area (Å²) in [7, 11) is 1.43. The van der Waals surface area contributed by atoms with Gasteiger partial charge in [0, 0.05) is 11.1 Å². The lowest BCUT2D eigenvalue weighted by molar-refractivity contribution is -0.192. The van der Waals surface area contributed by atoms with E-state index in [9.17, 15) is 18.0 Å². The number of benzene rings is 2. The quantitative estimate of drug-likeness (QED) is 0.438. The first-order chi connectivity index (χ1) is 15.0. The highest BCUT2D eigenvalue weighted by Gasteiger charge is 2.49. The summed E-state index contributed by atoms with van der Waals surface area (Å²) in [5.41, 5.74) is 5.52. The Morgan fingerprint density at radius 2 is 1.88 bits per heavy atom. The van der Waals surface area contributed by atoms with Gasteiger partial charge in [-0.15, -0.1) is 0 Å². The summed E-state index contributed by atoms with van der Waals surface area (Å²) in [6.45, 7) is 2.68. The Morgan fingerprint density at radius 1 is 1.22 bits per heavy atom. The number of ether oxygens (including phenoxy) is 1. The first kappa shape index (κ1) is 25.1. The smallest absolute Gasteiger partial charge is 0.408 e. The molecule has 1 amide bonds. The number of para-hydroxylation sites is 1. The maximum atomic E-state index is 15.1. The van der Waals surface area contributed by atoms with Crippen LogP contribution in [0.5, 0.6) is 5.75 Å². The molecule has 0 fully saturated rings. The molecule has 0 aliphatic carbocycles. The molecule has 9 heteroatoms. The predicted octanol–water partition coefficient (Wildman–Crippen LogP) is 4.83. The summed E-state index contributed by atoms with van der Waals surface area (Å²) in [5.74, 6) is -1.87. The van der Waals surface area contributed by atoms with Gasteiger partial charge in [-0.05, 0) is 30.0 Å². The number of hydrogen-bond acceptors (Lipinski definition) is 4. The van der Waals surface area contributed by atoms with Crippen molar-refractivity contribution in [2.75, 3.05) is 13.7 Å². The molecule has 0 aliphatic heterocycles. The average Bonchev–Trinajstić information content (AvgIpc) is 2.71. The molecule has 5 nitrogen and oxygen atoms in total. The number of carbonyl (C=O) groups excluding carboxylic acids is 1. The molecule has 32 heavy (non-hydrogen) atoms. The van der Waals surface area contributed by atoms with Crippen molar-refractivity contribution in [3.05, 3.63) is 53.8 Å². The van der Waals surface area contributed by atoms with Crippen molar-refractivity contribution in [2.45, 2.75) is 38.5 Å². The van der Waals surface area contributed by atoms with Crippen LogP contribution in [0.4, 0.5) is 17.6 Å². The molecule has 2 N–H and O–H groups in total. The lowest BCUT2D eigenvalue weighted by Gasteiger charge is -2.37. The van der Waals surface area contributed by atoms with Crippen LogP contribution in [0.3, 0.4) is 0 Å². The second-order valence-electron chi connectivity index (χ2n) is 7.76. The van der Waals surface area contributed by atoms with E-state index < -0.39 is 42.1 Å². The lowest BCUT2D eigenvalue weighted by atomic mass is 9.95. The number of amides is 1. The van der Waals surface area contributed by atoms with Gasteiger partial charge in [-0.3, -0.25) is 9.69 Å². The first-order valence-electron chi connectivity index (χ1n) is 9.92. The fraction of sp³-hybridized carbons (Fsp3) is 0.391. The third-order valence-corrected chi connectivity index (χ3v) is 5.03. The Morgan fingerprint density at radius 3 is 2.38 bits per heavy atom. The maximum absolute atomic E-state index is 15.1. The van der Waals surface area contributed by atoms with Crippen LogP contribution < -0.4 is 10.5 Å². The van der Waals surface area contributed by atoms with Gasteiger partial charge in [0.25, 0.3) is 0 Å². The topological polar surface area (TPSA) is 79.3 Å². The number of nitrogens with zero attached hydrogens (tertiary/aromatic N) is 2. The molecule has 2 atom stereocenters. The summed E-state index contributed by atoms with van der Waals surface area (Å²) in [5, 5.41) is 9.16. The number of nitriles is 1. The van der Waals surface area contributed by atoms with Gasteiger partial charge < -0.3 is 10.5 Å². The van der Waals surface area contributed by atoms with Gasteiger partial charge in [0.1, 0.15) is 17.6 Å². The zero-order chi connectivity index (χ0) is 24.1. The molecule has 0 saturated carbocycles. The van der Waals surface area contributed by atoms with E-state index in [4.69, 9.17) is 15.7 Å². The van der Waals surface area contributed by atoms with Crippen LogP contribution in [-0.2, 0) is 4.79 Å². The Labute approximate surface area is 184 Å². The van der Waals surface area contributed by atoms with E-state index in [2.05, 4.69) is 0 Å². The molecule has 2 aromatic carbocycles. The zero-order valence-electron chi connectivity index (χ0n) is 18.0. The third-order valence-electron chi connectivity index (χ3n) is 5.03. The highest BCUT2D eigenvalue weighted by atomic mass is 19.4. The summed E-state index contributed by atoms with van der Waals surface area (Å²) in [6, 6.07) is 7.80. The minimum absolute atomic E-state index is 0.00941. The molecule has 0 radical (unpaired) electrons. The van der Waals surface area contributed by atoms with Crippen LogP contribution in [-0.4, -0.2) is 36.7 Å². The number of hydrogen-bond donors (Lipinski definition) is 1. The molecule has 172 valence electrons. The molecule has 0 heterocycles. The molecule has 2 aromatic rings. The number of alkyl halides is 3. The van der Waals surface area contributed by atoms with Crippen molar-refractivity contribution in [1.82, 2.24) is 4.90 Å². The maximum Gasteiger partial charge on any atom is 0.408 e. The first-order valence-corrected chi connectivity index (χ1v) is 9.92. The van der Waals surface area contributed by atoms with Crippen LogP contribution in [0.25, 0.3) is 11.1 Å². The van der Waals surface area contributed by atoms with E-state index in [-0.39, 0.29) is 12.3 Å². The molecule has 0 aliphatic rings. The average molecular weight is 451 g/mol. The van der Waals surface area contributed by atoms with Crippen molar-refractivity contribution in [1.29, 1.82) is 5.26 Å². The van der Waals surface area contributed by atoms with Crippen molar-refractivity contribution in [3.63, 3.8) is 0 Å². The summed E-state index contributed by atoms with van der Waals surface area (Å²) >= 11 is 0. The number of carbonyl (C=O) groups is 1. The van der Waals surface area contributed by atoms with Gasteiger partial charge in [-0.2, -0.15) is 18.4 Å². The minimum atomic E-state index is -4.96. The van der Waals surface area contributed by atoms with Crippen molar-refractivity contribution < 1.29 is 27.1 Å². The zero-order valence-corrected chi connectivity index (χ0v) is 18.0. The molecule has 0 unspecified atom stereocenters. The van der Waals surface area contributed by atoms with Crippen LogP contribution in [0.1, 0.15) is 31.9 Å². The Balaban J connectivity index is 2.61. The fourth-order valence-corrected chi connectivity index (χ4v) is 3.67. The van der Waals surface area contributed by atoms with E-state index in [1.165, 1.54) is 13.2 Å². The number of primary amides is 1. The molecule has 0 saturated heterocycles. The summed E-state index contributed by atoms with van der Waals surface area (Å²) < 4.78 is 62.9.